The Morgan fingerprint density at radius 2 is 1.94 bits per heavy atom. The number of nitrogens with zero attached hydrogens (tertiary/aromatic N) is 4. The molecule has 9 heteroatoms. The predicted octanol–water partition coefficient (Wildman–Crippen LogP) is 3.70. The molecule has 3 heterocycles. The van der Waals surface area contributed by atoms with Gasteiger partial charge >= 0.3 is 0 Å². The first-order valence-corrected chi connectivity index (χ1v) is 10.3. The number of halogens is 2. The van der Waals surface area contributed by atoms with Crippen molar-refractivity contribution in [3.63, 3.8) is 0 Å². The van der Waals surface area contributed by atoms with Crippen LogP contribution in [0.1, 0.15) is 36.0 Å². The summed E-state index contributed by atoms with van der Waals surface area (Å²) in [6.07, 6.45) is 2.92. The van der Waals surface area contributed by atoms with Gasteiger partial charge in [0.15, 0.2) is 5.58 Å². The molecule has 0 unspecified atom stereocenters. The summed E-state index contributed by atoms with van der Waals surface area (Å²) >= 11 is 0. The summed E-state index contributed by atoms with van der Waals surface area (Å²) in [7, 11) is 1.57. The summed E-state index contributed by atoms with van der Waals surface area (Å²) in [6, 6.07) is 9.18. The van der Waals surface area contributed by atoms with E-state index < -0.39 is 5.92 Å². The van der Waals surface area contributed by atoms with Crippen LogP contribution in [0.25, 0.3) is 11.0 Å². The Hall–Kier alpha value is -3.23. The number of alkyl halides is 2. The van der Waals surface area contributed by atoms with Gasteiger partial charge < -0.3 is 14.3 Å². The third kappa shape index (κ3) is 3.68. The lowest BCUT2D eigenvalue weighted by Gasteiger charge is -2.31. The highest BCUT2D eigenvalue weighted by molar-refractivity contribution is 5.94. The topological polar surface area (TPSA) is 71.6 Å². The number of carbonyl (C=O) groups is 1. The zero-order valence-corrected chi connectivity index (χ0v) is 17.1. The lowest BCUT2D eigenvalue weighted by Crippen LogP contribution is -2.42. The minimum Gasteiger partial charge on any atom is -0.376 e. The lowest BCUT2D eigenvalue weighted by atomic mass is 10.1. The predicted molar refractivity (Wildman–Crippen MR) is 111 cm³/mol. The molecule has 1 aliphatic heterocycles. The fraction of sp³-hybridized carbons (Fsp3) is 0.409. The number of rotatable bonds is 4. The Morgan fingerprint density at radius 1 is 1.19 bits per heavy atom. The summed E-state index contributed by atoms with van der Waals surface area (Å²) in [4.78, 5) is 32.8. The molecule has 7 nitrogen and oxygen atoms in total. The summed E-state index contributed by atoms with van der Waals surface area (Å²) in [6.45, 7) is 0.0914. The Bertz CT molecular complexity index is 1190. The van der Waals surface area contributed by atoms with Gasteiger partial charge in [0.1, 0.15) is 5.82 Å². The summed E-state index contributed by atoms with van der Waals surface area (Å²) in [5, 5.41) is 0.517. The van der Waals surface area contributed by atoms with Gasteiger partial charge in [0.2, 0.25) is 0 Å². The van der Waals surface area contributed by atoms with E-state index in [1.54, 1.807) is 25.2 Å². The second kappa shape index (κ2) is 7.18. The Labute approximate surface area is 176 Å². The van der Waals surface area contributed by atoms with E-state index in [-0.39, 0.29) is 43.4 Å². The van der Waals surface area contributed by atoms with E-state index in [9.17, 15) is 18.4 Å². The van der Waals surface area contributed by atoms with Gasteiger partial charge in [-0.3, -0.25) is 9.59 Å². The minimum atomic E-state index is -2.69. The van der Waals surface area contributed by atoms with Gasteiger partial charge in [-0.25, -0.2) is 13.8 Å². The van der Waals surface area contributed by atoms with Crippen LogP contribution in [0.3, 0.4) is 0 Å². The van der Waals surface area contributed by atoms with Gasteiger partial charge in [0.25, 0.3) is 17.4 Å². The molecule has 0 spiro atoms. The monoisotopic (exact) mass is 428 g/mol. The Morgan fingerprint density at radius 3 is 2.58 bits per heavy atom. The van der Waals surface area contributed by atoms with Crippen LogP contribution in [0.4, 0.5) is 20.3 Å². The van der Waals surface area contributed by atoms with Crippen LogP contribution >= 0.6 is 0 Å². The number of anilines is 2. The summed E-state index contributed by atoms with van der Waals surface area (Å²) in [5.41, 5.74) is 1.56. The molecule has 0 radical (unpaired) electrons. The number of hydrogen-bond donors (Lipinski definition) is 0. The molecule has 1 aromatic carbocycles. The number of benzene rings is 1. The average Bonchev–Trinajstić information content (AvgIpc) is 3.54. The Balaban J connectivity index is 1.40. The molecule has 1 aliphatic carbocycles. The van der Waals surface area contributed by atoms with Gasteiger partial charge in [-0.1, -0.05) is 0 Å². The number of hydrogen-bond acceptors (Lipinski definition) is 5. The zero-order valence-electron chi connectivity index (χ0n) is 17.1. The first-order valence-electron chi connectivity index (χ1n) is 10.3. The van der Waals surface area contributed by atoms with Crippen molar-refractivity contribution in [1.29, 1.82) is 0 Å². The molecule has 2 aromatic heterocycles. The molecule has 3 aromatic rings. The second-order valence-corrected chi connectivity index (χ2v) is 8.23. The van der Waals surface area contributed by atoms with Crippen molar-refractivity contribution < 1.29 is 18.1 Å². The van der Waals surface area contributed by atoms with E-state index in [1.165, 1.54) is 15.8 Å². The summed E-state index contributed by atoms with van der Waals surface area (Å²) < 4.78 is 33.4. The van der Waals surface area contributed by atoms with Crippen molar-refractivity contribution in [1.82, 2.24) is 14.6 Å². The second-order valence-electron chi connectivity index (χ2n) is 8.23. The number of likely N-dealkylation sites (tertiary alicyclic amines) is 1. The number of fused-ring (bicyclic) bond motifs is 1. The molecular weight excluding hydrogens is 406 g/mol. The van der Waals surface area contributed by atoms with E-state index in [0.29, 0.717) is 22.4 Å². The highest BCUT2D eigenvalue weighted by Gasteiger charge is 2.36. The zero-order chi connectivity index (χ0) is 21.8. The van der Waals surface area contributed by atoms with Crippen molar-refractivity contribution in [3.05, 3.63) is 52.4 Å². The van der Waals surface area contributed by atoms with E-state index in [2.05, 4.69) is 9.88 Å². The molecular formula is C22H22F2N4O3. The first kappa shape index (κ1) is 19.7. The van der Waals surface area contributed by atoms with E-state index in [0.717, 1.165) is 18.5 Å². The number of amides is 1. The third-order valence-corrected chi connectivity index (χ3v) is 5.93. The highest BCUT2D eigenvalue weighted by atomic mass is 19.3. The fourth-order valence-electron chi connectivity index (χ4n) is 4.01. The molecule has 5 rings (SSSR count). The third-order valence-electron chi connectivity index (χ3n) is 5.93. The van der Waals surface area contributed by atoms with Gasteiger partial charge in [-0.15, -0.1) is 0 Å². The largest absolute Gasteiger partial charge is 0.376 e. The van der Waals surface area contributed by atoms with Gasteiger partial charge in [0, 0.05) is 57.0 Å². The lowest BCUT2D eigenvalue weighted by molar-refractivity contribution is -0.0494. The first-order chi connectivity index (χ1) is 14.8. The summed E-state index contributed by atoms with van der Waals surface area (Å²) in [5.74, 6) is -2.29. The van der Waals surface area contributed by atoms with Gasteiger partial charge in [-0.05, 0) is 37.1 Å². The molecule has 2 aliphatic rings. The average molecular weight is 428 g/mol. The van der Waals surface area contributed by atoms with Crippen LogP contribution in [-0.4, -0.2) is 45.6 Å². The minimum absolute atomic E-state index is 0.0457. The molecule has 31 heavy (non-hydrogen) atoms. The molecule has 0 atom stereocenters. The van der Waals surface area contributed by atoms with Crippen molar-refractivity contribution in [2.24, 2.45) is 7.05 Å². The van der Waals surface area contributed by atoms with Crippen molar-refractivity contribution in [3.8, 4) is 0 Å². The fourth-order valence-corrected chi connectivity index (χ4v) is 4.01. The smallest absolute Gasteiger partial charge is 0.290 e. The van der Waals surface area contributed by atoms with Crippen molar-refractivity contribution in [2.75, 3.05) is 18.0 Å². The van der Waals surface area contributed by atoms with Gasteiger partial charge in [0.05, 0.1) is 10.9 Å². The molecule has 1 amide bonds. The maximum Gasteiger partial charge on any atom is 0.290 e. The molecule has 1 saturated carbocycles. The number of carbonyl (C=O) groups excluding carboxylic acids is 1. The maximum absolute atomic E-state index is 13.4. The van der Waals surface area contributed by atoms with Crippen LogP contribution in [0, 0.1) is 0 Å². The van der Waals surface area contributed by atoms with Crippen molar-refractivity contribution >= 4 is 28.4 Å². The number of aryl methyl sites for hydroxylation is 1. The SMILES string of the molecule is Cn1oc2cc(N(c3ccc(C(=O)N4CCC(F)(F)CC4)cn3)C3CC3)ccc2c1=O. The van der Waals surface area contributed by atoms with E-state index >= 15 is 0 Å². The van der Waals surface area contributed by atoms with Crippen LogP contribution in [0.5, 0.6) is 0 Å². The molecule has 2 fully saturated rings. The van der Waals surface area contributed by atoms with Crippen LogP contribution < -0.4 is 10.5 Å². The quantitative estimate of drug-likeness (QED) is 0.634. The Kier molecular flexibility index (Phi) is 4.56. The normalized spacial score (nSPS) is 18.4. The number of piperidine rings is 1. The number of aromatic nitrogens is 2. The standard InChI is InChI=1S/C22H22F2N4O3/c1-26-21(30)17-6-5-16(12-18(17)31-26)28(15-3-4-15)19-7-2-14(13-25-19)20(29)27-10-8-22(23,24)9-11-27/h2,5-7,12-13,15H,3-4,8-11H2,1H3. The molecule has 0 bridgehead atoms. The molecule has 162 valence electrons. The number of pyridine rings is 1. The molecule has 0 N–H and O–H groups in total. The van der Waals surface area contributed by atoms with Gasteiger partial charge in [-0.2, -0.15) is 4.74 Å². The van der Waals surface area contributed by atoms with Crippen LogP contribution in [-0.2, 0) is 7.05 Å². The maximum atomic E-state index is 13.4. The van der Waals surface area contributed by atoms with E-state index in [1.807, 2.05) is 12.1 Å². The molecule has 1 saturated heterocycles. The van der Waals surface area contributed by atoms with Crippen molar-refractivity contribution in [2.45, 2.75) is 37.6 Å². The highest BCUT2D eigenvalue weighted by Crippen LogP contribution is 2.38. The van der Waals surface area contributed by atoms with E-state index in [4.69, 9.17) is 4.52 Å². The van der Waals surface area contributed by atoms with Crippen LogP contribution in [0.15, 0.2) is 45.8 Å². The van der Waals surface area contributed by atoms with Crippen LogP contribution in [0.2, 0.25) is 0 Å².